The minimum atomic E-state index is -0.275. The standard InChI is InChI=1S/C16H19FN2O/c1-3-7-18-11-13-6-8-19-16(9-13)20-14-5-4-12(2)15(17)10-14/h4-6,8-10,18H,3,7,11H2,1-2H3. The molecule has 0 atom stereocenters. The molecular weight excluding hydrogens is 255 g/mol. The molecule has 1 aromatic carbocycles. The largest absolute Gasteiger partial charge is 0.439 e. The summed E-state index contributed by atoms with van der Waals surface area (Å²) in [5, 5.41) is 3.32. The monoisotopic (exact) mass is 274 g/mol. The van der Waals surface area contributed by atoms with E-state index >= 15 is 0 Å². The minimum absolute atomic E-state index is 0.275. The van der Waals surface area contributed by atoms with Gasteiger partial charge in [-0.25, -0.2) is 9.37 Å². The lowest BCUT2D eigenvalue weighted by Crippen LogP contribution is -2.13. The molecule has 0 spiro atoms. The summed E-state index contributed by atoms with van der Waals surface area (Å²) in [5.41, 5.74) is 1.69. The molecule has 0 fully saturated rings. The van der Waals surface area contributed by atoms with Crippen LogP contribution in [-0.2, 0) is 6.54 Å². The van der Waals surface area contributed by atoms with Gasteiger partial charge in [0.2, 0.25) is 5.88 Å². The van der Waals surface area contributed by atoms with Crippen LogP contribution in [0.4, 0.5) is 4.39 Å². The molecule has 2 rings (SSSR count). The SMILES string of the molecule is CCCNCc1ccnc(Oc2ccc(C)c(F)c2)c1. The van der Waals surface area contributed by atoms with Crippen LogP contribution in [0.2, 0.25) is 0 Å². The van der Waals surface area contributed by atoms with Gasteiger partial charge >= 0.3 is 0 Å². The number of aryl methyl sites for hydroxylation is 1. The normalized spacial score (nSPS) is 10.6. The van der Waals surface area contributed by atoms with Crippen molar-refractivity contribution in [3.8, 4) is 11.6 Å². The number of rotatable bonds is 6. The Morgan fingerprint density at radius 3 is 2.85 bits per heavy atom. The predicted molar refractivity (Wildman–Crippen MR) is 77.4 cm³/mol. The zero-order chi connectivity index (χ0) is 14.4. The van der Waals surface area contributed by atoms with Crippen LogP contribution >= 0.6 is 0 Å². The lowest BCUT2D eigenvalue weighted by Gasteiger charge is -2.08. The second kappa shape index (κ2) is 7.01. The summed E-state index contributed by atoms with van der Waals surface area (Å²) in [6, 6.07) is 8.60. The molecular formula is C16H19FN2O. The van der Waals surface area contributed by atoms with Gasteiger partial charge in [0.15, 0.2) is 0 Å². The Bertz CT molecular complexity index is 572. The van der Waals surface area contributed by atoms with E-state index in [1.165, 1.54) is 6.07 Å². The number of pyridine rings is 1. The lowest BCUT2D eigenvalue weighted by molar-refractivity contribution is 0.456. The number of nitrogens with one attached hydrogen (secondary N) is 1. The van der Waals surface area contributed by atoms with Gasteiger partial charge in [0, 0.05) is 24.9 Å². The smallest absolute Gasteiger partial charge is 0.219 e. The van der Waals surface area contributed by atoms with E-state index in [1.54, 1.807) is 25.3 Å². The van der Waals surface area contributed by atoms with Gasteiger partial charge in [-0.2, -0.15) is 0 Å². The Kier molecular flexibility index (Phi) is 5.07. The summed E-state index contributed by atoms with van der Waals surface area (Å²) in [4.78, 5) is 4.14. The first kappa shape index (κ1) is 14.5. The van der Waals surface area contributed by atoms with E-state index in [-0.39, 0.29) is 5.82 Å². The van der Waals surface area contributed by atoms with E-state index in [4.69, 9.17) is 4.74 Å². The van der Waals surface area contributed by atoms with Gasteiger partial charge < -0.3 is 10.1 Å². The molecule has 1 N–H and O–H groups in total. The Balaban J connectivity index is 2.05. The van der Waals surface area contributed by atoms with Gasteiger partial charge in [0.05, 0.1) is 0 Å². The average Bonchev–Trinajstić information content (AvgIpc) is 2.44. The van der Waals surface area contributed by atoms with Crippen LogP contribution in [0, 0.1) is 12.7 Å². The first-order valence-corrected chi connectivity index (χ1v) is 6.78. The number of hydrogen-bond acceptors (Lipinski definition) is 3. The second-order valence-electron chi connectivity index (χ2n) is 4.69. The Hall–Kier alpha value is -1.94. The van der Waals surface area contributed by atoms with E-state index in [9.17, 15) is 4.39 Å². The van der Waals surface area contributed by atoms with Gasteiger partial charge in [-0.05, 0) is 43.1 Å². The molecule has 20 heavy (non-hydrogen) atoms. The van der Waals surface area contributed by atoms with Crippen LogP contribution in [0.3, 0.4) is 0 Å². The first-order valence-electron chi connectivity index (χ1n) is 6.78. The van der Waals surface area contributed by atoms with Crippen LogP contribution in [-0.4, -0.2) is 11.5 Å². The summed E-state index contributed by atoms with van der Waals surface area (Å²) in [5.74, 6) is 0.659. The van der Waals surface area contributed by atoms with Crippen molar-refractivity contribution in [3.63, 3.8) is 0 Å². The van der Waals surface area contributed by atoms with Gasteiger partial charge in [-0.3, -0.25) is 0 Å². The van der Waals surface area contributed by atoms with Crippen molar-refractivity contribution in [1.29, 1.82) is 0 Å². The molecule has 1 heterocycles. The third-order valence-electron chi connectivity index (χ3n) is 2.92. The third kappa shape index (κ3) is 4.03. The van der Waals surface area contributed by atoms with Gasteiger partial charge in [-0.1, -0.05) is 13.0 Å². The maximum Gasteiger partial charge on any atom is 0.219 e. The van der Waals surface area contributed by atoms with Gasteiger partial charge in [0.25, 0.3) is 0 Å². The van der Waals surface area contributed by atoms with Crippen molar-refractivity contribution in [1.82, 2.24) is 10.3 Å². The summed E-state index contributed by atoms with van der Waals surface area (Å²) in [6.45, 7) is 5.59. The second-order valence-corrected chi connectivity index (χ2v) is 4.69. The fourth-order valence-corrected chi connectivity index (χ4v) is 1.78. The van der Waals surface area contributed by atoms with Crippen LogP contribution < -0.4 is 10.1 Å². The minimum Gasteiger partial charge on any atom is -0.439 e. The van der Waals surface area contributed by atoms with E-state index in [1.807, 2.05) is 12.1 Å². The fourth-order valence-electron chi connectivity index (χ4n) is 1.78. The van der Waals surface area contributed by atoms with E-state index in [0.717, 1.165) is 25.1 Å². The molecule has 0 unspecified atom stereocenters. The molecule has 3 nitrogen and oxygen atoms in total. The van der Waals surface area contributed by atoms with E-state index in [2.05, 4.69) is 17.2 Å². The molecule has 0 aliphatic rings. The Morgan fingerprint density at radius 2 is 2.10 bits per heavy atom. The molecule has 0 aliphatic carbocycles. The highest BCUT2D eigenvalue weighted by molar-refractivity contribution is 5.32. The number of aromatic nitrogens is 1. The van der Waals surface area contributed by atoms with Crippen molar-refractivity contribution in [2.75, 3.05) is 6.54 Å². The average molecular weight is 274 g/mol. The topological polar surface area (TPSA) is 34.2 Å². The zero-order valence-corrected chi connectivity index (χ0v) is 11.8. The van der Waals surface area contributed by atoms with Crippen LogP contribution in [0.1, 0.15) is 24.5 Å². The van der Waals surface area contributed by atoms with Crippen molar-refractivity contribution in [2.24, 2.45) is 0 Å². The molecule has 2 aromatic rings. The molecule has 4 heteroatoms. The van der Waals surface area contributed by atoms with Crippen LogP contribution in [0.25, 0.3) is 0 Å². The molecule has 0 saturated carbocycles. The number of ether oxygens (including phenoxy) is 1. The lowest BCUT2D eigenvalue weighted by atomic mass is 10.2. The molecule has 0 aliphatic heterocycles. The molecule has 0 saturated heterocycles. The predicted octanol–water partition coefficient (Wildman–Crippen LogP) is 3.82. The maximum absolute atomic E-state index is 13.5. The molecule has 0 bridgehead atoms. The zero-order valence-electron chi connectivity index (χ0n) is 11.8. The highest BCUT2D eigenvalue weighted by Crippen LogP contribution is 2.22. The van der Waals surface area contributed by atoms with E-state index < -0.39 is 0 Å². The number of halogens is 1. The Labute approximate surface area is 118 Å². The number of nitrogens with zero attached hydrogens (tertiary/aromatic N) is 1. The van der Waals surface area contributed by atoms with E-state index in [0.29, 0.717) is 17.2 Å². The van der Waals surface area contributed by atoms with Crippen LogP contribution in [0.5, 0.6) is 11.6 Å². The first-order chi connectivity index (χ1) is 9.69. The number of hydrogen-bond donors (Lipinski definition) is 1. The molecule has 0 amide bonds. The molecule has 0 radical (unpaired) electrons. The van der Waals surface area contributed by atoms with Gasteiger partial charge in [0.1, 0.15) is 11.6 Å². The van der Waals surface area contributed by atoms with Crippen molar-refractivity contribution < 1.29 is 9.13 Å². The van der Waals surface area contributed by atoms with Crippen molar-refractivity contribution in [3.05, 3.63) is 53.5 Å². The summed E-state index contributed by atoms with van der Waals surface area (Å²) < 4.78 is 19.0. The molecule has 1 aromatic heterocycles. The quantitative estimate of drug-likeness (QED) is 0.813. The maximum atomic E-state index is 13.5. The van der Waals surface area contributed by atoms with Crippen LogP contribution in [0.15, 0.2) is 36.5 Å². The summed E-state index contributed by atoms with van der Waals surface area (Å²) in [7, 11) is 0. The highest BCUT2D eigenvalue weighted by atomic mass is 19.1. The summed E-state index contributed by atoms with van der Waals surface area (Å²) >= 11 is 0. The third-order valence-corrected chi connectivity index (χ3v) is 2.92. The fraction of sp³-hybridized carbons (Fsp3) is 0.312. The summed E-state index contributed by atoms with van der Waals surface area (Å²) in [6.07, 6.45) is 2.79. The highest BCUT2D eigenvalue weighted by Gasteiger charge is 2.03. The van der Waals surface area contributed by atoms with Crippen molar-refractivity contribution >= 4 is 0 Å². The van der Waals surface area contributed by atoms with Gasteiger partial charge in [-0.15, -0.1) is 0 Å². The van der Waals surface area contributed by atoms with Crippen molar-refractivity contribution in [2.45, 2.75) is 26.8 Å². The molecule has 106 valence electrons. The number of benzene rings is 1. The Morgan fingerprint density at radius 1 is 1.25 bits per heavy atom.